The first-order valence-corrected chi connectivity index (χ1v) is 7.43. The van der Waals surface area contributed by atoms with E-state index in [1.165, 1.54) is 12.1 Å². The Hall–Kier alpha value is -1.60. The second-order valence-electron chi connectivity index (χ2n) is 4.11. The van der Waals surface area contributed by atoms with E-state index in [0.29, 0.717) is 5.69 Å². The van der Waals surface area contributed by atoms with Crippen LogP contribution in [0.5, 0.6) is 0 Å². The van der Waals surface area contributed by atoms with Crippen molar-refractivity contribution in [1.29, 1.82) is 0 Å². The lowest BCUT2D eigenvalue weighted by atomic mass is 10.1. The molecular formula is C12H19N3O3S. The number of hydrogen-bond acceptors (Lipinski definition) is 4. The molecule has 7 heteroatoms. The first kappa shape index (κ1) is 15.5. The van der Waals surface area contributed by atoms with E-state index in [-0.39, 0.29) is 18.0 Å². The number of nitrogens with zero attached hydrogens (tertiary/aromatic N) is 1. The van der Waals surface area contributed by atoms with Crippen molar-refractivity contribution in [2.45, 2.75) is 25.2 Å². The first-order chi connectivity index (χ1) is 8.82. The van der Waals surface area contributed by atoms with Gasteiger partial charge in [-0.1, -0.05) is 19.9 Å². The summed E-state index contributed by atoms with van der Waals surface area (Å²) in [6.45, 7) is 3.41. The van der Waals surface area contributed by atoms with Crippen molar-refractivity contribution in [2.24, 2.45) is 5.73 Å². The van der Waals surface area contributed by atoms with Crippen molar-refractivity contribution in [3.63, 3.8) is 0 Å². The highest BCUT2D eigenvalue weighted by Crippen LogP contribution is 2.21. The molecule has 0 bridgehead atoms. The van der Waals surface area contributed by atoms with Gasteiger partial charge in [0, 0.05) is 12.2 Å². The lowest BCUT2D eigenvalue weighted by Crippen LogP contribution is -2.38. The molecule has 4 N–H and O–H groups in total. The summed E-state index contributed by atoms with van der Waals surface area (Å²) < 4.78 is 25.7. The van der Waals surface area contributed by atoms with E-state index in [4.69, 9.17) is 11.5 Å². The predicted molar refractivity (Wildman–Crippen MR) is 73.9 cm³/mol. The average Bonchev–Trinajstić information content (AvgIpc) is 2.35. The third-order valence-corrected chi connectivity index (χ3v) is 4.74. The Morgan fingerprint density at radius 2 is 1.95 bits per heavy atom. The number of likely N-dealkylation sites (N-methyl/N-ethyl adjacent to an activating group) is 1. The van der Waals surface area contributed by atoms with Gasteiger partial charge in [-0.15, -0.1) is 0 Å². The van der Waals surface area contributed by atoms with Gasteiger partial charge in [0.05, 0.1) is 11.4 Å². The van der Waals surface area contributed by atoms with Gasteiger partial charge in [-0.05, 0) is 24.1 Å². The van der Waals surface area contributed by atoms with Gasteiger partial charge in [-0.2, -0.15) is 4.31 Å². The van der Waals surface area contributed by atoms with E-state index >= 15 is 0 Å². The van der Waals surface area contributed by atoms with E-state index in [9.17, 15) is 13.2 Å². The lowest BCUT2D eigenvalue weighted by Gasteiger charge is -2.19. The van der Waals surface area contributed by atoms with Crippen molar-refractivity contribution in [1.82, 2.24) is 4.31 Å². The number of nitrogens with two attached hydrogens (primary N) is 2. The maximum Gasteiger partial charge on any atom is 0.243 e. The summed E-state index contributed by atoms with van der Waals surface area (Å²) in [7, 11) is -3.74. The Bertz CT molecular complexity index is 570. The van der Waals surface area contributed by atoms with Crippen LogP contribution in [0.15, 0.2) is 23.1 Å². The molecule has 0 atom stereocenters. The van der Waals surface area contributed by atoms with Crippen LogP contribution in [0.4, 0.5) is 5.69 Å². The summed E-state index contributed by atoms with van der Waals surface area (Å²) in [5, 5.41) is 0. The summed E-state index contributed by atoms with van der Waals surface area (Å²) in [6.07, 6.45) is 0.727. The minimum atomic E-state index is -3.74. The van der Waals surface area contributed by atoms with Crippen LogP contribution in [0, 0.1) is 0 Å². The summed E-state index contributed by atoms with van der Waals surface area (Å²) in [5.41, 5.74) is 12.2. The fraction of sp³-hybridized carbons (Fsp3) is 0.417. The molecule has 0 saturated carbocycles. The van der Waals surface area contributed by atoms with Crippen LogP contribution in [-0.2, 0) is 21.2 Å². The Labute approximate surface area is 113 Å². The number of rotatable bonds is 6. The molecule has 106 valence electrons. The van der Waals surface area contributed by atoms with E-state index in [1.54, 1.807) is 13.0 Å². The third-order valence-electron chi connectivity index (χ3n) is 2.82. The smallest absolute Gasteiger partial charge is 0.243 e. The number of benzene rings is 1. The molecule has 1 aromatic rings. The minimum Gasteiger partial charge on any atom is -0.398 e. The van der Waals surface area contributed by atoms with E-state index in [0.717, 1.165) is 16.3 Å². The van der Waals surface area contributed by atoms with Crippen LogP contribution in [-0.4, -0.2) is 31.7 Å². The molecule has 0 aliphatic rings. The molecule has 1 aromatic carbocycles. The van der Waals surface area contributed by atoms with Gasteiger partial charge in [-0.3, -0.25) is 4.79 Å². The van der Waals surface area contributed by atoms with E-state index in [2.05, 4.69) is 0 Å². The summed E-state index contributed by atoms with van der Waals surface area (Å²) in [6, 6.07) is 4.59. The van der Waals surface area contributed by atoms with Gasteiger partial charge >= 0.3 is 0 Å². The summed E-state index contributed by atoms with van der Waals surface area (Å²) in [5.74, 6) is -0.691. The molecular weight excluding hydrogens is 266 g/mol. The molecule has 0 spiro atoms. The van der Waals surface area contributed by atoms with Crippen molar-refractivity contribution in [2.75, 3.05) is 18.8 Å². The number of carbonyl (C=O) groups is 1. The largest absolute Gasteiger partial charge is 0.398 e. The number of anilines is 1. The highest BCUT2D eigenvalue weighted by atomic mass is 32.2. The number of carbonyl (C=O) groups excluding carboxylic acids is 1. The van der Waals surface area contributed by atoms with Crippen molar-refractivity contribution >= 4 is 21.6 Å². The van der Waals surface area contributed by atoms with E-state index < -0.39 is 15.9 Å². The molecule has 0 radical (unpaired) electrons. The zero-order chi connectivity index (χ0) is 14.6. The SMILES string of the molecule is CCc1ccc(S(=O)(=O)N(CC)CC(N)=O)cc1N. The van der Waals surface area contributed by atoms with Crippen LogP contribution < -0.4 is 11.5 Å². The molecule has 19 heavy (non-hydrogen) atoms. The second kappa shape index (κ2) is 6.03. The van der Waals surface area contributed by atoms with Crippen molar-refractivity contribution in [3.05, 3.63) is 23.8 Å². The Kier molecular flexibility index (Phi) is 4.90. The zero-order valence-corrected chi connectivity index (χ0v) is 11.9. The second-order valence-corrected chi connectivity index (χ2v) is 6.05. The number of hydrogen-bond donors (Lipinski definition) is 2. The topological polar surface area (TPSA) is 106 Å². The molecule has 0 unspecified atom stereocenters. The Morgan fingerprint density at radius 1 is 1.32 bits per heavy atom. The standard InChI is InChI=1S/C12H19N3O3S/c1-3-9-5-6-10(7-11(9)13)19(17,18)15(4-2)8-12(14)16/h5-7H,3-4,8,13H2,1-2H3,(H2,14,16). The first-order valence-electron chi connectivity index (χ1n) is 5.99. The fourth-order valence-corrected chi connectivity index (χ4v) is 3.20. The highest BCUT2D eigenvalue weighted by Gasteiger charge is 2.24. The van der Waals surface area contributed by atoms with E-state index in [1.807, 2.05) is 6.92 Å². The normalized spacial score (nSPS) is 11.7. The van der Waals surface area contributed by atoms with Crippen LogP contribution in [0.1, 0.15) is 19.4 Å². The van der Waals surface area contributed by atoms with Gasteiger partial charge in [0.15, 0.2) is 0 Å². The molecule has 1 amide bonds. The molecule has 1 rings (SSSR count). The summed E-state index contributed by atoms with van der Waals surface area (Å²) >= 11 is 0. The van der Waals surface area contributed by atoms with Crippen LogP contribution in [0.2, 0.25) is 0 Å². The number of primary amides is 1. The highest BCUT2D eigenvalue weighted by molar-refractivity contribution is 7.89. The van der Waals surface area contributed by atoms with Crippen molar-refractivity contribution in [3.8, 4) is 0 Å². The molecule has 0 heterocycles. The fourth-order valence-electron chi connectivity index (χ4n) is 1.75. The number of amides is 1. The molecule has 0 aliphatic heterocycles. The van der Waals surface area contributed by atoms with Crippen LogP contribution in [0.3, 0.4) is 0 Å². The number of sulfonamides is 1. The zero-order valence-electron chi connectivity index (χ0n) is 11.1. The lowest BCUT2D eigenvalue weighted by molar-refractivity contribution is -0.118. The van der Waals surface area contributed by atoms with Crippen molar-refractivity contribution < 1.29 is 13.2 Å². The van der Waals surface area contributed by atoms with Gasteiger partial charge in [-0.25, -0.2) is 8.42 Å². The Morgan fingerprint density at radius 3 is 2.37 bits per heavy atom. The molecule has 0 aromatic heterocycles. The van der Waals surface area contributed by atoms with Crippen LogP contribution in [0.25, 0.3) is 0 Å². The third kappa shape index (κ3) is 3.45. The average molecular weight is 285 g/mol. The molecule has 0 saturated heterocycles. The quantitative estimate of drug-likeness (QED) is 0.734. The Balaban J connectivity index is 3.18. The maximum absolute atomic E-state index is 12.3. The molecule has 0 aliphatic carbocycles. The van der Waals surface area contributed by atoms with Crippen LogP contribution >= 0.6 is 0 Å². The number of aryl methyl sites for hydroxylation is 1. The van der Waals surface area contributed by atoms with Gasteiger partial charge in [0.2, 0.25) is 15.9 Å². The van der Waals surface area contributed by atoms with Gasteiger partial charge in [0.1, 0.15) is 0 Å². The molecule has 0 fully saturated rings. The monoisotopic (exact) mass is 285 g/mol. The van der Waals surface area contributed by atoms with Gasteiger partial charge in [0.25, 0.3) is 0 Å². The maximum atomic E-state index is 12.3. The predicted octanol–water partition coefficient (Wildman–Crippen LogP) is 0.327. The minimum absolute atomic E-state index is 0.0744. The molecule has 6 nitrogen and oxygen atoms in total. The number of nitrogen functional groups attached to an aromatic ring is 1. The van der Waals surface area contributed by atoms with Gasteiger partial charge < -0.3 is 11.5 Å². The summed E-state index contributed by atoms with van der Waals surface area (Å²) in [4.78, 5) is 11.0.